The average Bonchev–Trinajstić information content (AvgIpc) is 2.56. The van der Waals surface area contributed by atoms with Gasteiger partial charge in [-0.1, -0.05) is 0 Å². The number of aromatic nitrogens is 2. The van der Waals surface area contributed by atoms with Gasteiger partial charge in [0.15, 0.2) is 0 Å². The van der Waals surface area contributed by atoms with Crippen LogP contribution in [0.4, 0.5) is 0 Å². The normalized spacial score (nSPS) is 22.6. The van der Waals surface area contributed by atoms with Crippen molar-refractivity contribution in [3.8, 4) is 0 Å². The van der Waals surface area contributed by atoms with Crippen LogP contribution in [-0.2, 0) is 4.79 Å². The Bertz CT molecular complexity index is 368. The van der Waals surface area contributed by atoms with Crippen molar-refractivity contribution < 1.29 is 4.79 Å². The first-order chi connectivity index (χ1) is 8.27. The van der Waals surface area contributed by atoms with Gasteiger partial charge in [0.2, 0.25) is 5.91 Å². The highest BCUT2D eigenvalue weighted by Crippen LogP contribution is 2.12. The van der Waals surface area contributed by atoms with Crippen molar-refractivity contribution in [3.05, 3.63) is 24.3 Å². The van der Waals surface area contributed by atoms with Crippen LogP contribution in [0.5, 0.6) is 0 Å². The van der Waals surface area contributed by atoms with Gasteiger partial charge >= 0.3 is 0 Å². The molecule has 0 radical (unpaired) electrons. The fourth-order valence-corrected chi connectivity index (χ4v) is 2.02. The Kier molecular flexibility index (Phi) is 4.03. The monoisotopic (exact) mass is 234 g/mol. The van der Waals surface area contributed by atoms with Crippen LogP contribution in [0.25, 0.3) is 0 Å². The molecule has 2 heterocycles. The molecule has 2 unspecified atom stereocenters. The zero-order chi connectivity index (χ0) is 12.1. The zero-order valence-corrected chi connectivity index (χ0v) is 10.0. The van der Waals surface area contributed by atoms with Gasteiger partial charge in [-0.3, -0.25) is 20.1 Å². The molecule has 1 aromatic heterocycles. The van der Waals surface area contributed by atoms with E-state index in [1.165, 1.54) is 0 Å². The van der Waals surface area contributed by atoms with Gasteiger partial charge in [0, 0.05) is 31.2 Å². The maximum atomic E-state index is 11.8. The largest absolute Gasteiger partial charge is 0.355 e. The third kappa shape index (κ3) is 3.23. The summed E-state index contributed by atoms with van der Waals surface area (Å²) in [4.78, 5) is 20.0. The van der Waals surface area contributed by atoms with Gasteiger partial charge in [-0.05, 0) is 26.2 Å². The molecule has 0 spiro atoms. The van der Waals surface area contributed by atoms with E-state index in [9.17, 15) is 4.79 Å². The molecule has 0 bridgehead atoms. The van der Waals surface area contributed by atoms with Crippen LogP contribution in [0.3, 0.4) is 0 Å². The number of nitrogens with zero attached hydrogens (tertiary/aromatic N) is 2. The molecule has 92 valence electrons. The van der Waals surface area contributed by atoms with Crippen molar-refractivity contribution in [2.75, 3.05) is 6.54 Å². The van der Waals surface area contributed by atoms with Gasteiger partial charge in [0.1, 0.15) is 0 Å². The predicted octanol–water partition coefficient (Wildman–Crippen LogP) is 0.796. The summed E-state index contributed by atoms with van der Waals surface area (Å²) in [5, 5.41) is 6.22. The number of hydrogen-bond donors (Lipinski definition) is 2. The molecule has 0 aromatic carbocycles. The van der Waals surface area contributed by atoms with Gasteiger partial charge < -0.3 is 5.32 Å². The van der Waals surface area contributed by atoms with Crippen molar-refractivity contribution in [2.45, 2.75) is 38.3 Å². The van der Waals surface area contributed by atoms with E-state index < -0.39 is 0 Å². The van der Waals surface area contributed by atoms with Gasteiger partial charge in [-0.25, -0.2) is 0 Å². The van der Waals surface area contributed by atoms with E-state index in [1.807, 2.05) is 6.92 Å². The molecule has 17 heavy (non-hydrogen) atoms. The van der Waals surface area contributed by atoms with E-state index in [0.29, 0.717) is 0 Å². The lowest BCUT2D eigenvalue weighted by molar-refractivity contribution is -0.123. The van der Waals surface area contributed by atoms with Crippen LogP contribution in [-0.4, -0.2) is 28.5 Å². The molecule has 2 rings (SSSR count). The average molecular weight is 234 g/mol. The molecular weight excluding hydrogens is 216 g/mol. The van der Waals surface area contributed by atoms with E-state index in [0.717, 1.165) is 31.5 Å². The standard InChI is InChI=1S/C12H18N4O/c1-9(11-8-13-6-7-14-11)16-10-4-2-3-5-15-12(10)17/h6-10,16H,2-5H2,1H3,(H,15,17). The summed E-state index contributed by atoms with van der Waals surface area (Å²) in [7, 11) is 0. The molecule has 1 aromatic rings. The highest BCUT2D eigenvalue weighted by molar-refractivity contribution is 5.81. The van der Waals surface area contributed by atoms with Crippen LogP contribution in [0.15, 0.2) is 18.6 Å². The second-order valence-corrected chi connectivity index (χ2v) is 4.36. The third-order valence-corrected chi connectivity index (χ3v) is 3.01. The highest BCUT2D eigenvalue weighted by Gasteiger charge is 2.22. The number of amides is 1. The summed E-state index contributed by atoms with van der Waals surface area (Å²) in [6.45, 7) is 2.79. The topological polar surface area (TPSA) is 66.9 Å². The Morgan fingerprint density at radius 2 is 2.35 bits per heavy atom. The Morgan fingerprint density at radius 1 is 1.47 bits per heavy atom. The lowest BCUT2D eigenvalue weighted by atomic mass is 10.1. The van der Waals surface area contributed by atoms with Crippen molar-refractivity contribution in [1.29, 1.82) is 0 Å². The number of carbonyl (C=O) groups is 1. The smallest absolute Gasteiger partial charge is 0.237 e. The number of nitrogens with one attached hydrogen (secondary N) is 2. The van der Waals surface area contributed by atoms with Gasteiger partial charge in [0.05, 0.1) is 11.7 Å². The Balaban J connectivity index is 1.97. The van der Waals surface area contributed by atoms with E-state index in [4.69, 9.17) is 0 Å². The first-order valence-electron chi connectivity index (χ1n) is 6.07. The molecule has 1 fully saturated rings. The summed E-state index contributed by atoms with van der Waals surface area (Å²) < 4.78 is 0. The van der Waals surface area contributed by atoms with Gasteiger partial charge in [-0.15, -0.1) is 0 Å². The summed E-state index contributed by atoms with van der Waals surface area (Å²) in [6.07, 6.45) is 8.06. The highest BCUT2D eigenvalue weighted by atomic mass is 16.2. The lowest BCUT2D eigenvalue weighted by Gasteiger charge is -2.20. The first kappa shape index (κ1) is 12.0. The molecule has 1 aliphatic heterocycles. The number of carbonyl (C=O) groups excluding carboxylic acids is 1. The zero-order valence-electron chi connectivity index (χ0n) is 10.0. The van der Waals surface area contributed by atoms with Crippen molar-refractivity contribution in [2.24, 2.45) is 0 Å². The minimum absolute atomic E-state index is 0.0394. The molecule has 0 aliphatic carbocycles. The van der Waals surface area contributed by atoms with Crippen molar-refractivity contribution in [3.63, 3.8) is 0 Å². The SMILES string of the molecule is CC(NC1CCCCNC1=O)c1cnccn1. The summed E-state index contributed by atoms with van der Waals surface area (Å²) >= 11 is 0. The van der Waals surface area contributed by atoms with Crippen LogP contribution in [0.1, 0.15) is 37.9 Å². The summed E-state index contributed by atoms with van der Waals surface area (Å²) in [5.41, 5.74) is 0.865. The maximum absolute atomic E-state index is 11.8. The first-order valence-corrected chi connectivity index (χ1v) is 6.07. The second-order valence-electron chi connectivity index (χ2n) is 4.36. The minimum atomic E-state index is -0.116. The number of rotatable bonds is 3. The van der Waals surface area contributed by atoms with E-state index in [2.05, 4.69) is 20.6 Å². The molecule has 1 saturated heterocycles. The van der Waals surface area contributed by atoms with Gasteiger partial charge in [0.25, 0.3) is 0 Å². The van der Waals surface area contributed by atoms with Crippen molar-refractivity contribution >= 4 is 5.91 Å². The minimum Gasteiger partial charge on any atom is -0.355 e. The quantitative estimate of drug-likeness (QED) is 0.811. The van der Waals surface area contributed by atoms with E-state index in [-0.39, 0.29) is 18.0 Å². The van der Waals surface area contributed by atoms with Crippen LogP contribution in [0, 0.1) is 0 Å². The Morgan fingerprint density at radius 3 is 3.12 bits per heavy atom. The van der Waals surface area contributed by atoms with Crippen LogP contribution >= 0.6 is 0 Å². The molecule has 2 atom stereocenters. The lowest BCUT2D eigenvalue weighted by Crippen LogP contribution is -2.43. The fraction of sp³-hybridized carbons (Fsp3) is 0.583. The van der Waals surface area contributed by atoms with E-state index in [1.54, 1.807) is 18.6 Å². The molecule has 5 nitrogen and oxygen atoms in total. The predicted molar refractivity (Wildman–Crippen MR) is 64.2 cm³/mol. The Labute approximate surface area is 101 Å². The number of hydrogen-bond acceptors (Lipinski definition) is 4. The Hall–Kier alpha value is -1.49. The summed E-state index contributed by atoms with van der Waals surface area (Å²) in [5.74, 6) is 0.0956. The third-order valence-electron chi connectivity index (χ3n) is 3.01. The van der Waals surface area contributed by atoms with E-state index >= 15 is 0 Å². The fourth-order valence-electron chi connectivity index (χ4n) is 2.02. The van der Waals surface area contributed by atoms with Crippen LogP contribution in [0.2, 0.25) is 0 Å². The van der Waals surface area contributed by atoms with Crippen molar-refractivity contribution in [1.82, 2.24) is 20.6 Å². The van der Waals surface area contributed by atoms with Crippen LogP contribution < -0.4 is 10.6 Å². The molecule has 5 heteroatoms. The van der Waals surface area contributed by atoms with Gasteiger partial charge in [-0.2, -0.15) is 0 Å². The second kappa shape index (κ2) is 5.72. The molecular formula is C12H18N4O. The molecule has 2 N–H and O–H groups in total. The molecule has 0 saturated carbocycles. The maximum Gasteiger partial charge on any atom is 0.237 e. The molecule has 1 amide bonds. The molecule has 1 aliphatic rings. The summed E-state index contributed by atoms with van der Waals surface area (Å²) in [6, 6.07) is -0.0768.